The van der Waals surface area contributed by atoms with Crippen molar-refractivity contribution in [2.75, 3.05) is 0 Å². The van der Waals surface area contributed by atoms with Crippen LogP contribution in [0.4, 0.5) is 4.39 Å². The topological polar surface area (TPSA) is 129 Å². The van der Waals surface area contributed by atoms with Crippen molar-refractivity contribution in [1.82, 2.24) is 15.3 Å². The van der Waals surface area contributed by atoms with Gasteiger partial charge in [0.2, 0.25) is 0 Å². The predicted molar refractivity (Wildman–Crippen MR) is 77.9 cm³/mol. The molecule has 1 atom stereocenters. The van der Waals surface area contributed by atoms with Gasteiger partial charge in [0, 0.05) is 12.4 Å². The Hall–Kier alpha value is -3.36. The molecule has 24 heavy (non-hydrogen) atoms. The molecular weight excluding hydrogens is 321 g/mol. The zero-order valence-corrected chi connectivity index (χ0v) is 12.1. The van der Waals surface area contributed by atoms with Crippen LogP contribution < -0.4 is 5.32 Å². The minimum Gasteiger partial charge on any atom is -0.481 e. The minimum absolute atomic E-state index is 0.228. The Labute approximate surface area is 135 Å². The van der Waals surface area contributed by atoms with Crippen LogP contribution in [-0.4, -0.2) is 38.0 Å². The smallest absolute Gasteiger partial charge is 0.356 e. The van der Waals surface area contributed by atoms with E-state index in [-0.39, 0.29) is 5.56 Å². The van der Waals surface area contributed by atoms with Crippen molar-refractivity contribution in [2.45, 2.75) is 12.5 Å². The molecule has 0 fully saturated rings. The highest BCUT2D eigenvalue weighted by molar-refractivity contribution is 6.02. The summed E-state index contributed by atoms with van der Waals surface area (Å²) >= 11 is 0. The zero-order chi connectivity index (χ0) is 17.7. The van der Waals surface area contributed by atoms with Crippen molar-refractivity contribution >= 4 is 17.8 Å². The summed E-state index contributed by atoms with van der Waals surface area (Å²) in [5.74, 6) is -4.19. The largest absolute Gasteiger partial charge is 0.481 e. The molecule has 2 aromatic rings. The van der Waals surface area contributed by atoms with Gasteiger partial charge in [-0.25, -0.2) is 19.2 Å². The number of hydrogen-bond donors (Lipinski definition) is 3. The lowest BCUT2D eigenvalue weighted by molar-refractivity contribution is -0.137. The Morgan fingerprint density at radius 1 is 1.12 bits per heavy atom. The highest BCUT2D eigenvalue weighted by Gasteiger charge is 2.24. The number of nitrogens with zero attached hydrogens (tertiary/aromatic N) is 2. The molecule has 2 rings (SSSR count). The number of halogens is 1. The summed E-state index contributed by atoms with van der Waals surface area (Å²) in [4.78, 5) is 41.6. The minimum atomic E-state index is -1.45. The van der Waals surface area contributed by atoms with Crippen molar-refractivity contribution in [2.24, 2.45) is 0 Å². The molecule has 0 saturated heterocycles. The molecule has 9 heteroatoms. The molecule has 124 valence electrons. The summed E-state index contributed by atoms with van der Waals surface area (Å²) in [7, 11) is 0. The Balaban J connectivity index is 2.31. The quantitative estimate of drug-likeness (QED) is 0.725. The fourth-order valence-corrected chi connectivity index (χ4v) is 2.04. The lowest BCUT2D eigenvalue weighted by Crippen LogP contribution is -2.32. The summed E-state index contributed by atoms with van der Waals surface area (Å²) < 4.78 is 13.3. The normalized spacial score (nSPS) is 11.5. The third-order valence-electron chi connectivity index (χ3n) is 3.05. The second-order valence-corrected chi connectivity index (χ2v) is 4.74. The first-order valence-corrected chi connectivity index (χ1v) is 6.71. The molecule has 0 aliphatic rings. The van der Waals surface area contributed by atoms with Gasteiger partial charge in [0.25, 0.3) is 5.91 Å². The van der Waals surface area contributed by atoms with Gasteiger partial charge < -0.3 is 15.5 Å². The number of amides is 1. The molecular formula is C15H12FN3O5. The lowest BCUT2D eigenvalue weighted by atomic mass is 10.0. The molecule has 0 spiro atoms. The summed E-state index contributed by atoms with van der Waals surface area (Å²) in [5, 5.41) is 20.3. The van der Waals surface area contributed by atoms with Crippen molar-refractivity contribution in [3.63, 3.8) is 0 Å². The number of nitrogens with one attached hydrogen (secondary N) is 1. The molecule has 0 bridgehead atoms. The standard InChI is InChI=1S/C15H12FN3O5/c16-9-3-1-2-8(6-9)10(7-11(20)21)19-14(22)12-13(15(23)24)18-5-4-17-12/h1-6,10H,7H2,(H,19,22)(H,20,21)(H,23,24)/t10-/m1/s1. The summed E-state index contributed by atoms with van der Waals surface area (Å²) in [5.41, 5.74) is -0.799. The molecule has 3 N–H and O–H groups in total. The number of hydrogen-bond acceptors (Lipinski definition) is 5. The summed E-state index contributed by atoms with van der Waals surface area (Å²) in [6, 6.07) is 4.02. The fraction of sp³-hybridized carbons (Fsp3) is 0.133. The monoisotopic (exact) mass is 333 g/mol. The van der Waals surface area contributed by atoms with Gasteiger partial charge >= 0.3 is 11.9 Å². The van der Waals surface area contributed by atoms with Gasteiger partial charge in [-0.05, 0) is 17.7 Å². The van der Waals surface area contributed by atoms with E-state index >= 15 is 0 Å². The number of carboxylic acid groups (broad SMARTS) is 2. The number of aromatic nitrogens is 2. The molecule has 1 aromatic heterocycles. The van der Waals surface area contributed by atoms with Crippen molar-refractivity contribution in [3.8, 4) is 0 Å². The highest BCUT2D eigenvalue weighted by atomic mass is 19.1. The van der Waals surface area contributed by atoms with Crippen LogP contribution in [0.15, 0.2) is 36.7 Å². The Kier molecular flexibility index (Phi) is 5.15. The average molecular weight is 333 g/mol. The maximum Gasteiger partial charge on any atom is 0.356 e. The van der Waals surface area contributed by atoms with Gasteiger partial charge in [-0.1, -0.05) is 12.1 Å². The van der Waals surface area contributed by atoms with E-state index in [2.05, 4.69) is 15.3 Å². The van der Waals surface area contributed by atoms with E-state index in [0.717, 1.165) is 18.5 Å². The first kappa shape index (κ1) is 17.0. The van der Waals surface area contributed by atoms with Crippen molar-refractivity contribution < 1.29 is 29.0 Å². The number of carbonyl (C=O) groups excluding carboxylic acids is 1. The Bertz CT molecular complexity index is 796. The fourth-order valence-electron chi connectivity index (χ4n) is 2.04. The number of aliphatic carboxylic acids is 1. The number of carbonyl (C=O) groups is 3. The van der Waals surface area contributed by atoms with E-state index in [0.29, 0.717) is 0 Å². The molecule has 0 unspecified atom stereocenters. The predicted octanol–water partition coefficient (Wildman–Crippen LogP) is 1.26. The van der Waals surface area contributed by atoms with Crippen LogP contribution in [0.25, 0.3) is 0 Å². The number of carboxylic acids is 2. The van der Waals surface area contributed by atoms with E-state index in [9.17, 15) is 18.8 Å². The van der Waals surface area contributed by atoms with E-state index in [1.165, 1.54) is 18.2 Å². The van der Waals surface area contributed by atoms with Crippen molar-refractivity contribution in [3.05, 3.63) is 59.4 Å². The molecule has 1 aromatic carbocycles. The van der Waals surface area contributed by atoms with Crippen molar-refractivity contribution in [1.29, 1.82) is 0 Å². The van der Waals surface area contributed by atoms with E-state index in [4.69, 9.17) is 10.2 Å². The number of benzene rings is 1. The van der Waals surface area contributed by atoms with Crippen LogP contribution in [0.3, 0.4) is 0 Å². The van der Waals surface area contributed by atoms with Crippen LogP contribution >= 0.6 is 0 Å². The maximum absolute atomic E-state index is 13.3. The van der Waals surface area contributed by atoms with Gasteiger partial charge in [0.05, 0.1) is 12.5 Å². The van der Waals surface area contributed by atoms with Gasteiger partial charge in [-0.15, -0.1) is 0 Å². The van der Waals surface area contributed by atoms with Crippen LogP contribution in [0.2, 0.25) is 0 Å². The second kappa shape index (κ2) is 7.27. The second-order valence-electron chi connectivity index (χ2n) is 4.74. The zero-order valence-electron chi connectivity index (χ0n) is 12.1. The van der Waals surface area contributed by atoms with Crippen LogP contribution in [0.1, 0.15) is 39.0 Å². The molecule has 1 heterocycles. The first-order chi connectivity index (χ1) is 11.4. The van der Waals surface area contributed by atoms with E-state index in [1.807, 2.05) is 0 Å². The Morgan fingerprint density at radius 3 is 2.38 bits per heavy atom. The third-order valence-corrected chi connectivity index (χ3v) is 3.05. The Morgan fingerprint density at radius 2 is 1.79 bits per heavy atom. The van der Waals surface area contributed by atoms with Crippen LogP contribution in [-0.2, 0) is 4.79 Å². The SMILES string of the molecule is O=C(O)C[C@@H](NC(=O)c1nccnc1C(=O)O)c1cccc(F)c1. The van der Waals surface area contributed by atoms with Gasteiger partial charge in [-0.3, -0.25) is 9.59 Å². The van der Waals surface area contributed by atoms with Crippen LogP contribution in [0.5, 0.6) is 0 Å². The lowest BCUT2D eigenvalue weighted by Gasteiger charge is -2.17. The maximum atomic E-state index is 13.3. The van der Waals surface area contributed by atoms with E-state index in [1.54, 1.807) is 0 Å². The highest BCUT2D eigenvalue weighted by Crippen LogP contribution is 2.19. The molecule has 0 aliphatic heterocycles. The summed E-state index contributed by atoms with van der Waals surface area (Å²) in [6.07, 6.45) is 1.73. The van der Waals surface area contributed by atoms with E-state index < -0.39 is 47.5 Å². The van der Waals surface area contributed by atoms with Gasteiger partial charge in [0.15, 0.2) is 11.4 Å². The number of aromatic carboxylic acids is 1. The first-order valence-electron chi connectivity index (χ1n) is 6.71. The molecule has 0 saturated carbocycles. The number of rotatable bonds is 6. The molecule has 1 amide bonds. The van der Waals surface area contributed by atoms with Gasteiger partial charge in [0.1, 0.15) is 5.82 Å². The van der Waals surface area contributed by atoms with Crippen LogP contribution in [0, 0.1) is 5.82 Å². The third kappa shape index (κ3) is 4.09. The molecule has 0 aliphatic carbocycles. The average Bonchev–Trinajstić information content (AvgIpc) is 2.53. The molecule has 8 nitrogen and oxygen atoms in total. The van der Waals surface area contributed by atoms with Gasteiger partial charge in [-0.2, -0.15) is 0 Å². The molecule has 0 radical (unpaired) electrons. The summed E-state index contributed by atoms with van der Waals surface area (Å²) in [6.45, 7) is 0.